The predicted molar refractivity (Wildman–Crippen MR) is 126 cm³/mol. The highest BCUT2D eigenvalue weighted by atomic mass is 32.2. The van der Waals surface area contributed by atoms with Crippen LogP contribution in [0.5, 0.6) is 0 Å². The number of thiazole rings is 1. The predicted octanol–water partition coefficient (Wildman–Crippen LogP) is 3.31. The van der Waals surface area contributed by atoms with E-state index in [2.05, 4.69) is 18.7 Å². The molecule has 4 rings (SSSR count). The Morgan fingerprint density at radius 2 is 1.57 bits per heavy atom. The van der Waals surface area contributed by atoms with E-state index in [4.69, 9.17) is 12.2 Å². The molecule has 9 heteroatoms. The van der Waals surface area contributed by atoms with E-state index in [1.54, 1.807) is 41.3 Å². The third-order valence-corrected chi connectivity index (χ3v) is 8.91. The van der Waals surface area contributed by atoms with Crippen molar-refractivity contribution in [2.45, 2.75) is 0 Å². The van der Waals surface area contributed by atoms with Gasteiger partial charge in [-0.1, -0.05) is 30.6 Å². The molecule has 4 heterocycles. The number of amides is 1. The number of hydrogen-bond acceptors (Lipinski definition) is 7. The molecule has 1 fully saturated rings. The van der Waals surface area contributed by atoms with Gasteiger partial charge in [0.05, 0.1) is 14.1 Å². The fraction of sp³-hybridized carbons (Fsp3) is 0.105. The molecule has 1 saturated heterocycles. The Labute approximate surface area is 182 Å². The molecule has 0 aliphatic carbocycles. The Morgan fingerprint density at radius 3 is 2.07 bits per heavy atom. The molecule has 28 heavy (non-hydrogen) atoms. The minimum absolute atomic E-state index is 0.0170. The summed E-state index contributed by atoms with van der Waals surface area (Å²) in [5, 5.41) is 0. The van der Waals surface area contributed by atoms with Gasteiger partial charge in [-0.25, -0.2) is 0 Å². The molecule has 0 atom stereocenters. The van der Waals surface area contributed by atoms with Crippen molar-refractivity contribution in [3.05, 3.63) is 58.5 Å². The molecular formula is C19H14N2O2S5. The molecule has 0 radical (unpaired) electrons. The summed E-state index contributed by atoms with van der Waals surface area (Å²) < 4.78 is 3.58. The van der Waals surface area contributed by atoms with Crippen LogP contribution in [0.15, 0.2) is 34.0 Å². The summed E-state index contributed by atoms with van der Waals surface area (Å²) in [7, 11) is 3.43. The Kier molecular flexibility index (Phi) is 5.28. The quantitative estimate of drug-likeness (QED) is 0.442. The maximum Gasteiger partial charge on any atom is 0.268 e. The van der Waals surface area contributed by atoms with E-state index >= 15 is 0 Å². The first-order valence-corrected chi connectivity index (χ1v) is 11.8. The summed E-state index contributed by atoms with van der Waals surface area (Å²) in [4.78, 5) is 30.8. The number of thioether (sulfide) groups is 1. The summed E-state index contributed by atoms with van der Waals surface area (Å²) >= 11 is 11.2. The Morgan fingerprint density at radius 1 is 0.964 bits per heavy atom. The van der Waals surface area contributed by atoms with Crippen molar-refractivity contribution in [1.29, 1.82) is 0 Å². The smallest absolute Gasteiger partial charge is 0.268 e. The average Bonchev–Trinajstić information content (AvgIpc) is 3.41. The summed E-state index contributed by atoms with van der Waals surface area (Å²) in [5.41, 5.74) is -0.0170. The standard InChI is InChI=1S/C19H14N2O2S5/c1-10-20(2)17(22)15(25-10)8-11-4-6-13(26-11)14-7-5-12(27-14)9-16-18(23)21(3)19(24)28-16/h4-9H,1H2,2-3H3/b15-8-,16-9-. The van der Waals surface area contributed by atoms with Crippen LogP contribution in [-0.4, -0.2) is 26.7 Å². The molecule has 0 spiro atoms. The lowest BCUT2D eigenvalue weighted by atomic mass is 10.3. The van der Waals surface area contributed by atoms with Crippen molar-refractivity contribution < 1.29 is 4.79 Å². The molecule has 1 amide bonds. The number of thiocarbonyl (C=S) groups is 1. The number of thiophene rings is 2. The van der Waals surface area contributed by atoms with Crippen LogP contribution in [0.1, 0.15) is 9.75 Å². The van der Waals surface area contributed by atoms with Gasteiger partial charge in [0.2, 0.25) is 0 Å². The zero-order valence-corrected chi connectivity index (χ0v) is 19.0. The maximum absolute atomic E-state index is 12.2. The third-order valence-electron chi connectivity index (χ3n) is 4.15. The summed E-state index contributed by atoms with van der Waals surface area (Å²) in [6, 6.07) is 8.14. The minimum atomic E-state index is -0.0553. The van der Waals surface area contributed by atoms with Gasteiger partial charge in [-0.05, 0) is 36.4 Å². The normalized spacial score (nSPS) is 16.7. The van der Waals surface area contributed by atoms with Crippen molar-refractivity contribution in [1.82, 2.24) is 9.47 Å². The molecular weight excluding hydrogens is 449 g/mol. The topological polar surface area (TPSA) is 42.3 Å². The fourth-order valence-corrected chi connectivity index (χ4v) is 6.73. The van der Waals surface area contributed by atoms with Crippen LogP contribution in [0, 0.1) is 0 Å². The fourth-order valence-electron chi connectivity index (χ4n) is 2.54. The number of aromatic nitrogens is 1. The van der Waals surface area contributed by atoms with Crippen LogP contribution in [-0.2, 0) is 11.8 Å². The lowest BCUT2D eigenvalue weighted by Gasteiger charge is -2.03. The molecule has 0 N–H and O–H groups in total. The second-order valence-electron chi connectivity index (χ2n) is 6.01. The van der Waals surface area contributed by atoms with E-state index in [-0.39, 0.29) is 11.5 Å². The Bertz CT molecular complexity index is 1300. The molecule has 0 bridgehead atoms. The molecule has 142 valence electrons. The largest absolute Gasteiger partial charge is 0.303 e. The van der Waals surface area contributed by atoms with Crippen molar-refractivity contribution in [2.75, 3.05) is 7.05 Å². The van der Waals surface area contributed by atoms with Crippen LogP contribution < -0.4 is 14.8 Å². The molecule has 0 aromatic carbocycles. The first-order chi connectivity index (χ1) is 13.3. The first kappa shape index (κ1) is 19.5. The van der Waals surface area contributed by atoms with Gasteiger partial charge in [0.15, 0.2) is 0 Å². The van der Waals surface area contributed by atoms with Gasteiger partial charge in [0, 0.05) is 33.6 Å². The van der Waals surface area contributed by atoms with E-state index < -0.39 is 0 Å². The van der Waals surface area contributed by atoms with Crippen molar-refractivity contribution in [3.63, 3.8) is 0 Å². The van der Waals surface area contributed by atoms with Gasteiger partial charge in [0.1, 0.15) is 4.32 Å². The highest BCUT2D eigenvalue weighted by Gasteiger charge is 2.28. The minimum Gasteiger partial charge on any atom is -0.303 e. The van der Waals surface area contributed by atoms with Crippen molar-refractivity contribution >= 4 is 86.9 Å². The zero-order chi connectivity index (χ0) is 20.0. The number of hydrogen-bond donors (Lipinski definition) is 0. The number of rotatable bonds is 3. The molecule has 1 aliphatic heterocycles. The van der Waals surface area contributed by atoms with E-state index in [0.29, 0.717) is 13.8 Å². The second kappa shape index (κ2) is 7.57. The Balaban J connectivity index is 1.62. The third kappa shape index (κ3) is 3.60. The number of likely N-dealkylation sites (N-methyl/N-ethyl adjacent to an activating group) is 1. The summed E-state index contributed by atoms with van der Waals surface area (Å²) in [6.45, 7) is 3.88. The first-order valence-electron chi connectivity index (χ1n) is 8.11. The zero-order valence-electron chi connectivity index (χ0n) is 14.9. The second-order valence-corrected chi connectivity index (χ2v) is 11.0. The van der Waals surface area contributed by atoms with Gasteiger partial charge in [0.25, 0.3) is 11.5 Å². The highest BCUT2D eigenvalue weighted by molar-refractivity contribution is 8.26. The highest BCUT2D eigenvalue weighted by Crippen LogP contribution is 2.37. The van der Waals surface area contributed by atoms with E-state index in [9.17, 15) is 9.59 Å². The van der Waals surface area contributed by atoms with Crippen molar-refractivity contribution in [2.24, 2.45) is 7.05 Å². The van der Waals surface area contributed by atoms with Crippen LogP contribution in [0.2, 0.25) is 0 Å². The lowest BCUT2D eigenvalue weighted by Crippen LogP contribution is -2.28. The lowest BCUT2D eigenvalue weighted by molar-refractivity contribution is -0.121. The van der Waals surface area contributed by atoms with Gasteiger partial charge < -0.3 is 4.57 Å². The summed E-state index contributed by atoms with van der Waals surface area (Å²) in [5.74, 6) is -0.0553. The van der Waals surface area contributed by atoms with Crippen molar-refractivity contribution in [3.8, 4) is 9.75 Å². The molecule has 0 saturated carbocycles. The van der Waals surface area contributed by atoms with Crippen LogP contribution >= 0.6 is 58.0 Å². The van der Waals surface area contributed by atoms with E-state index in [0.717, 1.165) is 24.2 Å². The number of nitrogens with zero attached hydrogens (tertiary/aromatic N) is 2. The monoisotopic (exact) mass is 462 g/mol. The van der Waals surface area contributed by atoms with Gasteiger partial charge in [-0.15, -0.1) is 34.0 Å². The van der Waals surface area contributed by atoms with Gasteiger partial charge >= 0.3 is 0 Å². The molecule has 4 nitrogen and oxygen atoms in total. The molecule has 0 unspecified atom stereocenters. The SMILES string of the molecule is C=c1s/c(=C\c2ccc(-c3ccc(/C=C4\SC(=S)N(C)C4=O)s3)s2)c(=O)n1C. The van der Waals surface area contributed by atoms with Crippen LogP contribution in [0.4, 0.5) is 0 Å². The Hall–Kier alpha value is -1.78. The van der Waals surface area contributed by atoms with Gasteiger partial charge in [-0.2, -0.15) is 0 Å². The average molecular weight is 463 g/mol. The van der Waals surface area contributed by atoms with Crippen LogP contribution in [0.3, 0.4) is 0 Å². The summed E-state index contributed by atoms with van der Waals surface area (Å²) in [6.07, 6.45) is 3.81. The van der Waals surface area contributed by atoms with Gasteiger partial charge in [-0.3, -0.25) is 14.5 Å². The van der Waals surface area contributed by atoms with Crippen LogP contribution in [0.25, 0.3) is 28.5 Å². The molecule has 1 aliphatic rings. The van der Waals surface area contributed by atoms with E-state index in [1.165, 1.54) is 28.0 Å². The number of carbonyl (C=O) groups excluding carboxylic acids is 1. The maximum atomic E-state index is 12.2. The molecule has 3 aromatic rings. The van der Waals surface area contributed by atoms with E-state index in [1.807, 2.05) is 24.3 Å². The number of carbonyl (C=O) groups is 1. The molecule has 3 aromatic heterocycles.